The van der Waals surface area contributed by atoms with Crippen LogP contribution in [0.5, 0.6) is 0 Å². The molecular weight excluding hydrogens is 388 g/mol. The van der Waals surface area contributed by atoms with Gasteiger partial charge in [-0.1, -0.05) is 42.5 Å². The van der Waals surface area contributed by atoms with E-state index >= 15 is 0 Å². The first-order valence-corrected chi connectivity index (χ1v) is 11.0. The van der Waals surface area contributed by atoms with Gasteiger partial charge in [0.15, 0.2) is 0 Å². The molecule has 0 aromatic heterocycles. The Morgan fingerprint density at radius 2 is 1.65 bits per heavy atom. The van der Waals surface area contributed by atoms with Crippen LogP contribution < -0.4 is 10.6 Å². The molecule has 0 aliphatic carbocycles. The standard InChI is InChI=1S/C25H34N4O2/c1-18(2)26-23(30)17-28-12-14-29(15-13-28)24(21-8-6-5-7-9-21)25(31)27-22-16-19(3)10-11-20(22)4/h5-11,16,18,24H,12-15,17H2,1-4H3,(H,26,30)(H,27,31)/t24-/m0/s1. The van der Waals surface area contributed by atoms with Crippen LogP contribution in [0.15, 0.2) is 48.5 Å². The van der Waals surface area contributed by atoms with Gasteiger partial charge in [-0.3, -0.25) is 19.4 Å². The second-order valence-electron chi connectivity index (χ2n) is 8.66. The van der Waals surface area contributed by atoms with Gasteiger partial charge < -0.3 is 10.6 Å². The molecule has 31 heavy (non-hydrogen) atoms. The number of aryl methyl sites for hydroxylation is 2. The number of nitrogens with one attached hydrogen (secondary N) is 2. The summed E-state index contributed by atoms with van der Waals surface area (Å²) in [6, 6.07) is 15.8. The number of carbonyl (C=O) groups excluding carboxylic acids is 2. The van der Waals surface area contributed by atoms with Crippen LogP contribution in [0.25, 0.3) is 0 Å². The highest BCUT2D eigenvalue weighted by atomic mass is 16.2. The Bertz CT molecular complexity index is 890. The first kappa shape index (κ1) is 23.0. The van der Waals surface area contributed by atoms with Crippen molar-refractivity contribution in [3.05, 3.63) is 65.2 Å². The van der Waals surface area contributed by atoms with Crippen LogP contribution in [-0.2, 0) is 9.59 Å². The minimum Gasteiger partial charge on any atom is -0.353 e. The normalized spacial score (nSPS) is 16.2. The number of benzene rings is 2. The molecule has 2 amide bonds. The van der Waals surface area contributed by atoms with Crippen molar-refractivity contribution in [3.63, 3.8) is 0 Å². The molecule has 1 aliphatic heterocycles. The lowest BCUT2D eigenvalue weighted by Gasteiger charge is -2.38. The number of anilines is 1. The zero-order chi connectivity index (χ0) is 22.4. The fraction of sp³-hybridized carbons (Fsp3) is 0.440. The number of carbonyl (C=O) groups is 2. The van der Waals surface area contributed by atoms with E-state index in [-0.39, 0.29) is 23.9 Å². The van der Waals surface area contributed by atoms with Crippen molar-refractivity contribution >= 4 is 17.5 Å². The highest BCUT2D eigenvalue weighted by Crippen LogP contribution is 2.25. The third-order valence-electron chi connectivity index (χ3n) is 5.60. The minimum atomic E-state index is -0.368. The number of nitrogens with zero attached hydrogens (tertiary/aromatic N) is 2. The van der Waals surface area contributed by atoms with Crippen molar-refractivity contribution < 1.29 is 9.59 Å². The van der Waals surface area contributed by atoms with Gasteiger partial charge in [0.05, 0.1) is 6.54 Å². The molecule has 0 radical (unpaired) electrons. The van der Waals surface area contributed by atoms with Crippen molar-refractivity contribution in [1.29, 1.82) is 0 Å². The SMILES string of the molecule is Cc1ccc(C)c(NC(=O)[C@H](c2ccccc2)N2CCN(CC(=O)NC(C)C)CC2)c1. The lowest BCUT2D eigenvalue weighted by atomic mass is 10.0. The molecule has 2 aromatic rings. The molecule has 3 rings (SSSR count). The molecule has 0 spiro atoms. The maximum Gasteiger partial charge on any atom is 0.246 e. The first-order chi connectivity index (χ1) is 14.8. The van der Waals surface area contributed by atoms with Gasteiger partial charge >= 0.3 is 0 Å². The fourth-order valence-corrected chi connectivity index (χ4v) is 3.99. The summed E-state index contributed by atoms with van der Waals surface area (Å²) >= 11 is 0. The molecule has 6 heteroatoms. The summed E-state index contributed by atoms with van der Waals surface area (Å²) < 4.78 is 0. The lowest BCUT2D eigenvalue weighted by molar-refractivity contribution is -0.125. The van der Waals surface area contributed by atoms with E-state index in [1.807, 2.05) is 76.2 Å². The van der Waals surface area contributed by atoms with Crippen molar-refractivity contribution in [2.24, 2.45) is 0 Å². The molecule has 1 aliphatic rings. The average molecular weight is 423 g/mol. The Balaban J connectivity index is 1.71. The summed E-state index contributed by atoms with van der Waals surface area (Å²) in [4.78, 5) is 29.9. The van der Waals surface area contributed by atoms with Gasteiger partial charge in [-0.25, -0.2) is 0 Å². The van der Waals surface area contributed by atoms with Crippen molar-refractivity contribution in [2.75, 3.05) is 38.0 Å². The highest BCUT2D eigenvalue weighted by Gasteiger charge is 2.31. The third kappa shape index (κ3) is 6.39. The van der Waals surface area contributed by atoms with E-state index in [4.69, 9.17) is 0 Å². The van der Waals surface area contributed by atoms with Crippen LogP contribution in [-0.4, -0.2) is 60.4 Å². The molecular formula is C25H34N4O2. The third-order valence-corrected chi connectivity index (χ3v) is 5.60. The predicted octanol–water partition coefficient (Wildman–Crippen LogP) is 3.13. The van der Waals surface area contributed by atoms with Crippen molar-refractivity contribution in [2.45, 2.75) is 39.8 Å². The quantitative estimate of drug-likeness (QED) is 0.720. The van der Waals surface area contributed by atoms with Gasteiger partial charge in [0.25, 0.3) is 0 Å². The zero-order valence-corrected chi connectivity index (χ0v) is 19.0. The number of amides is 2. The molecule has 0 bridgehead atoms. The molecule has 166 valence electrons. The van der Waals surface area contributed by atoms with Gasteiger partial charge in [-0.2, -0.15) is 0 Å². The monoisotopic (exact) mass is 422 g/mol. The predicted molar refractivity (Wildman–Crippen MR) is 125 cm³/mol. The van der Waals surface area contributed by atoms with Gasteiger partial charge in [0, 0.05) is 37.9 Å². The second kappa shape index (κ2) is 10.6. The van der Waals surface area contributed by atoms with Gasteiger partial charge in [-0.05, 0) is 50.5 Å². The Morgan fingerprint density at radius 3 is 2.29 bits per heavy atom. The Morgan fingerprint density at radius 1 is 0.968 bits per heavy atom. The van der Waals surface area contributed by atoms with Crippen LogP contribution in [0.1, 0.15) is 36.6 Å². The van der Waals surface area contributed by atoms with E-state index in [0.717, 1.165) is 48.6 Å². The molecule has 1 fully saturated rings. The molecule has 6 nitrogen and oxygen atoms in total. The van der Waals surface area contributed by atoms with Crippen molar-refractivity contribution in [3.8, 4) is 0 Å². The zero-order valence-electron chi connectivity index (χ0n) is 19.0. The number of hydrogen-bond acceptors (Lipinski definition) is 4. The summed E-state index contributed by atoms with van der Waals surface area (Å²) in [6.45, 7) is 11.3. The van der Waals surface area contributed by atoms with Crippen LogP contribution in [0.4, 0.5) is 5.69 Å². The van der Waals surface area contributed by atoms with Crippen LogP contribution >= 0.6 is 0 Å². The van der Waals surface area contributed by atoms with E-state index < -0.39 is 0 Å². The van der Waals surface area contributed by atoms with E-state index in [1.165, 1.54) is 0 Å². The summed E-state index contributed by atoms with van der Waals surface area (Å²) in [6.07, 6.45) is 0. The van der Waals surface area contributed by atoms with E-state index in [2.05, 4.69) is 20.4 Å². The molecule has 1 atom stereocenters. The first-order valence-electron chi connectivity index (χ1n) is 11.0. The smallest absolute Gasteiger partial charge is 0.246 e. The highest BCUT2D eigenvalue weighted by molar-refractivity contribution is 5.96. The fourth-order valence-electron chi connectivity index (χ4n) is 3.99. The molecule has 2 N–H and O–H groups in total. The molecule has 1 heterocycles. The summed E-state index contributed by atoms with van der Waals surface area (Å²) in [5.41, 5.74) is 4.00. The minimum absolute atomic E-state index is 0.0223. The number of hydrogen-bond donors (Lipinski definition) is 2. The van der Waals surface area contributed by atoms with Gasteiger partial charge in [0.2, 0.25) is 11.8 Å². The Kier molecular flexibility index (Phi) is 7.82. The Labute approximate surface area is 185 Å². The maximum absolute atomic E-state index is 13.4. The second-order valence-corrected chi connectivity index (χ2v) is 8.66. The summed E-state index contributed by atoms with van der Waals surface area (Å²) in [5, 5.41) is 6.10. The maximum atomic E-state index is 13.4. The van der Waals surface area contributed by atoms with Crippen LogP contribution in [0, 0.1) is 13.8 Å². The largest absolute Gasteiger partial charge is 0.353 e. The number of rotatable bonds is 7. The van der Waals surface area contributed by atoms with Crippen molar-refractivity contribution in [1.82, 2.24) is 15.1 Å². The van der Waals surface area contributed by atoms with Crippen LogP contribution in [0.3, 0.4) is 0 Å². The van der Waals surface area contributed by atoms with Gasteiger partial charge in [-0.15, -0.1) is 0 Å². The lowest BCUT2D eigenvalue weighted by Crippen LogP contribution is -2.52. The van der Waals surface area contributed by atoms with Crippen LogP contribution in [0.2, 0.25) is 0 Å². The Hall–Kier alpha value is -2.70. The topological polar surface area (TPSA) is 64.7 Å². The molecule has 1 saturated heterocycles. The van der Waals surface area contributed by atoms with E-state index in [9.17, 15) is 9.59 Å². The van der Waals surface area contributed by atoms with E-state index in [1.54, 1.807) is 0 Å². The molecule has 0 saturated carbocycles. The number of piperazine rings is 1. The van der Waals surface area contributed by atoms with E-state index in [0.29, 0.717) is 6.54 Å². The molecule has 0 unspecified atom stereocenters. The summed E-state index contributed by atoms with van der Waals surface area (Å²) in [7, 11) is 0. The average Bonchev–Trinajstić information content (AvgIpc) is 2.72. The van der Waals surface area contributed by atoms with Gasteiger partial charge in [0.1, 0.15) is 6.04 Å². The molecule has 2 aromatic carbocycles. The summed E-state index contributed by atoms with van der Waals surface area (Å²) in [5.74, 6) is 0.0293.